The highest BCUT2D eigenvalue weighted by molar-refractivity contribution is 7.88. The quantitative estimate of drug-likeness (QED) is 0.789. The molecule has 7 nitrogen and oxygen atoms in total. The zero-order valence-corrected chi connectivity index (χ0v) is 13.2. The van der Waals surface area contributed by atoms with Crippen molar-refractivity contribution < 1.29 is 23.1 Å². The standard InChI is InChI=1S/C13H22N2O5S/c1-13(12(17)18)5-7-14(9-13)11(16)10-4-3-6-15(8-10)21(2,19)20/h10H,3-9H2,1-2H3,(H,17,18)/t10-,13+/m1/s1. The van der Waals surface area contributed by atoms with Gasteiger partial charge in [0, 0.05) is 26.2 Å². The molecule has 2 heterocycles. The Balaban J connectivity index is 2.03. The molecule has 2 atom stereocenters. The topological polar surface area (TPSA) is 95.0 Å². The second-order valence-electron chi connectivity index (χ2n) is 6.34. The smallest absolute Gasteiger partial charge is 0.311 e. The van der Waals surface area contributed by atoms with Crippen molar-refractivity contribution in [3.8, 4) is 0 Å². The Morgan fingerprint density at radius 1 is 1.29 bits per heavy atom. The van der Waals surface area contributed by atoms with Gasteiger partial charge in [0.05, 0.1) is 17.6 Å². The summed E-state index contributed by atoms with van der Waals surface area (Å²) in [5.74, 6) is -1.36. The lowest BCUT2D eigenvalue weighted by molar-refractivity contribution is -0.147. The van der Waals surface area contributed by atoms with E-state index in [2.05, 4.69) is 0 Å². The van der Waals surface area contributed by atoms with Gasteiger partial charge in [-0.15, -0.1) is 0 Å². The van der Waals surface area contributed by atoms with Gasteiger partial charge in [0.15, 0.2) is 0 Å². The first-order valence-electron chi connectivity index (χ1n) is 7.11. The monoisotopic (exact) mass is 318 g/mol. The van der Waals surface area contributed by atoms with Crippen molar-refractivity contribution >= 4 is 21.9 Å². The molecule has 1 amide bonds. The Kier molecular flexibility index (Phi) is 4.30. The van der Waals surface area contributed by atoms with Crippen molar-refractivity contribution in [3.63, 3.8) is 0 Å². The summed E-state index contributed by atoms with van der Waals surface area (Å²) in [7, 11) is -3.28. The summed E-state index contributed by atoms with van der Waals surface area (Å²) in [6, 6.07) is 0. The number of amides is 1. The minimum atomic E-state index is -3.28. The molecule has 2 rings (SSSR count). The molecule has 0 aromatic heterocycles. The highest BCUT2D eigenvalue weighted by Gasteiger charge is 2.44. The molecule has 0 unspecified atom stereocenters. The van der Waals surface area contributed by atoms with E-state index in [-0.39, 0.29) is 24.9 Å². The average molecular weight is 318 g/mol. The third-order valence-corrected chi connectivity index (χ3v) is 5.77. The maximum Gasteiger partial charge on any atom is 0.311 e. The van der Waals surface area contributed by atoms with Crippen molar-refractivity contribution in [2.45, 2.75) is 26.2 Å². The first-order chi connectivity index (χ1) is 9.63. The lowest BCUT2D eigenvalue weighted by Gasteiger charge is -2.32. The number of nitrogens with zero attached hydrogens (tertiary/aromatic N) is 2. The fraction of sp³-hybridized carbons (Fsp3) is 0.846. The van der Waals surface area contributed by atoms with Crippen molar-refractivity contribution in [2.24, 2.45) is 11.3 Å². The highest BCUT2D eigenvalue weighted by Crippen LogP contribution is 2.32. The van der Waals surface area contributed by atoms with E-state index in [1.54, 1.807) is 11.8 Å². The Bertz CT molecular complexity index is 547. The van der Waals surface area contributed by atoms with Crippen LogP contribution in [0.15, 0.2) is 0 Å². The average Bonchev–Trinajstić information content (AvgIpc) is 2.81. The number of sulfonamides is 1. The molecule has 0 aromatic rings. The van der Waals surface area contributed by atoms with E-state index in [0.29, 0.717) is 32.4 Å². The number of carboxylic acids is 1. The molecule has 0 radical (unpaired) electrons. The number of rotatable bonds is 3. The van der Waals surface area contributed by atoms with Gasteiger partial charge in [-0.1, -0.05) is 0 Å². The molecular weight excluding hydrogens is 296 g/mol. The number of hydrogen-bond acceptors (Lipinski definition) is 4. The molecule has 0 saturated carbocycles. The molecule has 0 spiro atoms. The molecule has 2 aliphatic rings. The van der Waals surface area contributed by atoms with Gasteiger partial charge in [0.1, 0.15) is 0 Å². The Labute approximate surface area is 125 Å². The van der Waals surface area contributed by atoms with Crippen molar-refractivity contribution in [1.29, 1.82) is 0 Å². The predicted octanol–water partition coefficient (Wildman–Crippen LogP) is -0.0188. The second kappa shape index (κ2) is 5.57. The van der Waals surface area contributed by atoms with Crippen LogP contribution in [-0.2, 0) is 19.6 Å². The normalized spacial score (nSPS) is 31.3. The first kappa shape index (κ1) is 16.2. The SMILES string of the molecule is C[C@]1(C(=O)O)CCN(C(=O)[C@@H]2CCCN(S(C)(=O)=O)C2)C1. The molecule has 2 fully saturated rings. The number of hydrogen-bond donors (Lipinski definition) is 1. The fourth-order valence-electron chi connectivity index (χ4n) is 3.03. The maximum atomic E-state index is 12.5. The van der Waals surface area contributed by atoms with Crippen LogP contribution in [0.1, 0.15) is 26.2 Å². The van der Waals surface area contributed by atoms with E-state index in [1.807, 2.05) is 0 Å². The van der Waals surface area contributed by atoms with Gasteiger partial charge in [0.2, 0.25) is 15.9 Å². The summed E-state index contributed by atoms with van der Waals surface area (Å²) < 4.78 is 24.5. The largest absolute Gasteiger partial charge is 0.481 e. The van der Waals surface area contributed by atoms with Crippen LogP contribution in [0.2, 0.25) is 0 Å². The van der Waals surface area contributed by atoms with Crippen LogP contribution in [0.5, 0.6) is 0 Å². The van der Waals surface area contributed by atoms with E-state index >= 15 is 0 Å². The number of carbonyl (C=O) groups excluding carboxylic acids is 1. The molecule has 2 saturated heterocycles. The number of carboxylic acid groups (broad SMARTS) is 1. The fourth-order valence-corrected chi connectivity index (χ4v) is 3.94. The molecular formula is C13H22N2O5S. The van der Waals surface area contributed by atoms with Crippen LogP contribution in [0.4, 0.5) is 0 Å². The van der Waals surface area contributed by atoms with Crippen LogP contribution >= 0.6 is 0 Å². The first-order valence-corrected chi connectivity index (χ1v) is 8.96. The lowest BCUT2D eigenvalue weighted by Crippen LogP contribution is -2.46. The third kappa shape index (κ3) is 3.37. The van der Waals surface area contributed by atoms with Crippen LogP contribution in [0.3, 0.4) is 0 Å². The molecule has 1 N–H and O–H groups in total. The van der Waals surface area contributed by atoms with Gasteiger partial charge in [-0.05, 0) is 26.2 Å². The number of aliphatic carboxylic acids is 1. The van der Waals surface area contributed by atoms with Gasteiger partial charge >= 0.3 is 5.97 Å². The van der Waals surface area contributed by atoms with Crippen LogP contribution < -0.4 is 0 Å². The summed E-state index contributed by atoms with van der Waals surface area (Å²) in [5, 5.41) is 9.21. The molecule has 0 bridgehead atoms. The maximum absolute atomic E-state index is 12.5. The highest BCUT2D eigenvalue weighted by atomic mass is 32.2. The third-order valence-electron chi connectivity index (χ3n) is 4.50. The summed E-state index contributed by atoms with van der Waals surface area (Å²) in [4.78, 5) is 25.3. The molecule has 2 aliphatic heterocycles. The summed E-state index contributed by atoms with van der Waals surface area (Å²) in [5.41, 5.74) is -0.888. The van der Waals surface area contributed by atoms with Crippen LogP contribution in [0, 0.1) is 11.3 Å². The molecule has 120 valence electrons. The van der Waals surface area contributed by atoms with Crippen molar-refractivity contribution in [3.05, 3.63) is 0 Å². The van der Waals surface area contributed by atoms with Gasteiger partial charge in [0.25, 0.3) is 0 Å². The molecule has 8 heteroatoms. The number of likely N-dealkylation sites (tertiary alicyclic amines) is 1. The summed E-state index contributed by atoms with van der Waals surface area (Å²) in [6.45, 7) is 2.94. The predicted molar refractivity (Wildman–Crippen MR) is 76.1 cm³/mol. The van der Waals surface area contributed by atoms with Crippen LogP contribution in [0.25, 0.3) is 0 Å². The summed E-state index contributed by atoms with van der Waals surface area (Å²) in [6.07, 6.45) is 2.91. The zero-order chi connectivity index (χ0) is 15.8. The van der Waals surface area contributed by atoms with E-state index in [1.165, 1.54) is 4.31 Å². The Morgan fingerprint density at radius 3 is 2.48 bits per heavy atom. The van der Waals surface area contributed by atoms with Gasteiger partial charge in [-0.2, -0.15) is 0 Å². The van der Waals surface area contributed by atoms with Crippen molar-refractivity contribution in [1.82, 2.24) is 9.21 Å². The minimum Gasteiger partial charge on any atom is -0.481 e. The van der Waals surface area contributed by atoms with Gasteiger partial charge in [-0.25, -0.2) is 12.7 Å². The van der Waals surface area contributed by atoms with E-state index in [4.69, 9.17) is 0 Å². The second-order valence-corrected chi connectivity index (χ2v) is 8.32. The number of carbonyl (C=O) groups is 2. The Hall–Kier alpha value is -1.15. The van der Waals surface area contributed by atoms with E-state index in [9.17, 15) is 23.1 Å². The van der Waals surface area contributed by atoms with E-state index in [0.717, 1.165) is 6.26 Å². The zero-order valence-electron chi connectivity index (χ0n) is 12.4. The van der Waals surface area contributed by atoms with Gasteiger partial charge < -0.3 is 10.0 Å². The summed E-state index contributed by atoms with van der Waals surface area (Å²) >= 11 is 0. The lowest BCUT2D eigenvalue weighted by atomic mass is 9.90. The minimum absolute atomic E-state index is 0.117. The number of piperidine rings is 1. The molecule has 0 aliphatic carbocycles. The van der Waals surface area contributed by atoms with Crippen LogP contribution in [-0.4, -0.2) is 67.0 Å². The van der Waals surface area contributed by atoms with Crippen molar-refractivity contribution in [2.75, 3.05) is 32.4 Å². The Morgan fingerprint density at radius 2 is 1.95 bits per heavy atom. The van der Waals surface area contributed by atoms with Gasteiger partial charge in [-0.3, -0.25) is 9.59 Å². The van der Waals surface area contributed by atoms with E-state index < -0.39 is 21.4 Å². The molecule has 21 heavy (non-hydrogen) atoms. The molecule has 0 aromatic carbocycles.